The molecule has 1 amide bonds. The highest BCUT2D eigenvalue weighted by Crippen LogP contribution is 2.22. The lowest BCUT2D eigenvalue weighted by molar-refractivity contribution is 0.0943. The third-order valence-electron chi connectivity index (χ3n) is 3.35. The molecule has 0 radical (unpaired) electrons. The number of amides is 1. The predicted molar refractivity (Wildman–Crippen MR) is 91.4 cm³/mol. The fourth-order valence-electron chi connectivity index (χ4n) is 2.04. The third-order valence-corrected chi connectivity index (χ3v) is 3.75. The van der Waals surface area contributed by atoms with Gasteiger partial charge in [0.25, 0.3) is 5.91 Å². The fourth-order valence-corrected chi connectivity index (χ4v) is 2.22. The molecule has 0 atom stereocenters. The Kier molecular flexibility index (Phi) is 4.77. The molecule has 0 aliphatic carbocycles. The summed E-state index contributed by atoms with van der Waals surface area (Å²) in [6.07, 6.45) is 2.89. The minimum Gasteiger partial charge on any atom is -0.467 e. The Morgan fingerprint density at radius 3 is 2.88 bits per heavy atom. The molecule has 0 saturated carbocycles. The maximum absolute atomic E-state index is 12.2. The Morgan fingerprint density at radius 1 is 1.25 bits per heavy atom. The van der Waals surface area contributed by atoms with Gasteiger partial charge in [0.1, 0.15) is 23.6 Å². The molecule has 0 aliphatic rings. The molecule has 6 nitrogen and oxygen atoms in total. The molecular formula is C17H15ClN4O2. The molecule has 1 aromatic carbocycles. The Bertz CT molecular complexity index is 850. The Morgan fingerprint density at radius 2 is 2.12 bits per heavy atom. The molecule has 0 saturated heterocycles. The van der Waals surface area contributed by atoms with Gasteiger partial charge in [0.05, 0.1) is 12.8 Å². The largest absolute Gasteiger partial charge is 0.467 e. The van der Waals surface area contributed by atoms with E-state index < -0.39 is 0 Å². The van der Waals surface area contributed by atoms with Gasteiger partial charge in [-0.2, -0.15) is 0 Å². The van der Waals surface area contributed by atoms with Crippen LogP contribution in [0.3, 0.4) is 0 Å². The third kappa shape index (κ3) is 3.91. The number of halogens is 1. The van der Waals surface area contributed by atoms with Crippen molar-refractivity contribution in [2.75, 3.05) is 5.32 Å². The monoisotopic (exact) mass is 342 g/mol. The average molecular weight is 343 g/mol. The topological polar surface area (TPSA) is 80.0 Å². The number of carbonyl (C=O) groups excluding carboxylic acids is 1. The highest BCUT2D eigenvalue weighted by atomic mass is 35.5. The van der Waals surface area contributed by atoms with Crippen molar-refractivity contribution in [3.63, 3.8) is 0 Å². The van der Waals surface area contributed by atoms with Gasteiger partial charge in [0, 0.05) is 16.8 Å². The van der Waals surface area contributed by atoms with Crippen LogP contribution in [0.5, 0.6) is 0 Å². The number of benzene rings is 1. The second-order valence-corrected chi connectivity index (χ2v) is 5.55. The van der Waals surface area contributed by atoms with Gasteiger partial charge in [-0.25, -0.2) is 9.97 Å². The Hall–Kier alpha value is -2.86. The molecule has 0 aliphatic heterocycles. The number of anilines is 2. The molecule has 2 N–H and O–H groups in total. The van der Waals surface area contributed by atoms with Crippen LogP contribution in [0.4, 0.5) is 11.5 Å². The van der Waals surface area contributed by atoms with Gasteiger partial charge in [0.2, 0.25) is 0 Å². The van der Waals surface area contributed by atoms with Crippen molar-refractivity contribution in [3.8, 4) is 0 Å². The van der Waals surface area contributed by atoms with E-state index in [0.717, 1.165) is 11.3 Å². The predicted octanol–water partition coefficient (Wildman–Crippen LogP) is 3.71. The Labute approximate surface area is 143 Å². The van der Waals surface area contributed by atoms with Crippen LogP contribution < -0.4 is 10.6 Å². The molecule has 3 rings (SSSR count). The number of carbonyl (C=O) groups is 1. The second-order valence-electron chi connectivity index (χ2n) is 5.14. The van der Waals surface area contributed by atoms with E-state index >= 15 is 0 Å². The maximum Gasteiger partial charge on any atom is 0.270 e. The van der Waals surface area contributed by atoms with Crippen LogP contribution in [0.2, 0.25) is 5.02 Å². The Balaban J connectivity index is 1.68. The van der Waals surface area contributed by atoms with Crippen LogP contribution >= 0.6 is 11.6 Å². The smallest absolute Gasteiger partial charge is 0.270 e. The van der Waals surface area contributed by atoms with Gasteiger partial charge in [-0.15, -0.1) is 0 Å². The maximum atomic E-state index is 12.2. The van der Waals surface area contributed by atoms with Crippen molar-refractivity contribution < 1.29 is 9.21 Å². The normalized spacial score (nSPS) is 10.4. The SMILES string of the molecule is Cc1ccc(Nc2cc(C(=O)NCc3ccco3)ncn2)cc1Cl. The van der Waals surface area contributed by atoms with Gasteiger partial charge in [0.15, 0.2) is 0 Å². The lowest BCUT2D eigenvalue weighted by atomic mass is 10.2. The zero-order chi connectivity index (χ0) is 16.9. The number of aromatic nitrogens is 2. The van der Waals surface area contributed by atoms with Crippen LogP contribution in [0.15, 0.2) is 53.4 Å². The zero-order valence-corrected chi connectivity index (χ0v) is 13.7. The molecule has 7 heteroatoms. The minimum absolute atomic E-state index is 0.261. The van der Waals surface area contributed by atoms with Crippen molar-refractivity contribution >= 4 is 29.0 Å². The van der Waals surface area contributed by atoms with Crippen LogP contribution in [-0.2, 0) is 6.54 Å². The fraction of sp³-hybridized carbons (Fsp3) is 0.118. The van der Waals surface area contributed by atoms with E-state index in [1.807, 2.05) is 19.1 Å². The lowest BCUT2D eigenvalue weighted by Gasteiger charge is -2.08. The summed E-state index contributed by atoms with van der Waals surface area (Å²) in [5.74, 6) is 0.872. The summed E-state index contributed by atoms with van der Waals surface area (Å²) < 4.78 is 5.17. The van der Waals surface area contributed by atoms with Crippen LogP contribution in [0.1, 0.15) is 21.8 Å². The van der Waals surface area contributed by atoms with E-state index in [9.17, 15) is 4.79 Å². The summed E-state index contributed by atoms with van der Waals surface area (Å²) in [6, 6.07) is 10.7. The van der Waals surface area contributed by atoms with Crippen molar-refractivity contribution in [2.24, 2.45) is 0 Å². The first kappa shape index (κ1) is 16.0. The first-order valence-corrected chi connectivity index (χ1v) is 7.65. The molecule has 2 heterocycles. The van der Waals surface area contributed by atoms with Crippen LogP contribution in [0, 0.1) is 6.92 Å². The van der Waals surface area contributed by atoms with E-state index in [-0.39, 0.29) is 11.6 Å². The summed E-state index contributed by atoms with van der Waals surface area (Å²) in [5, 5.41) is 6.50. The highest BCUT2D eigenvalue weighted by Gasteiger charge is 2.09. The highest BCUT2D eigenvalue weighted by molar-refractivity contribution is 6.31. The van der Waals surface area contributed by atoms with Crippen LogP contribution in [-0.4, -0.2) is 15.9 Å². The zero-order valence-electron chi connectivity index (χ0n) is 12.9. The van der Waals surface area contributed by atoms with E-state index in [1.54, 1.807) is 30.5 Å². The van der Waals surface area contributed by atoms with Gasteiger partial charge < -0.3 is 15.1 Å². The standard InChI is InChI=1S/C17H15ClN4O2/c1-11-4-5-12(7-14(11)18)22-16-8-15(20-10-21-16)17(23)19-9-13-3-2-6-24-13/h2-8,10H,9H2,1H3,(H,19,23)(H,20,21,22). The summed E-state index contributed by atoms with van der Waals surface area (Å²) in [5.41, 5.74) is 2.03. The number of furan rings is 1. The van der Waals surface area contributed by atoms with Crippen molar-refractivity contribution in [1.29, 1.82) is 0 Å². The van der Waals surface area contributed by atoms with E-state index in [1.165, 1.54) is 6.33 Å². The quantitative estimate of drug-likeness (QED) is 0.739. The molecule has 24 heavy (non-hydrogen) atoms. The lowest BCUT2D eigenvalue weighted by Crippen LogP contribution is -2.23. The van der Waals surface area contributed by atoms with Gasteiger partial charge in [-0.1, -0.05) is 17.7 Å². The molecule has 0 spiro atoms. The molecule has 122 valence electrons. The molecular weight excluding hydrogens is 328 g/mol. The van der Waals surface area contributed by atoms with Gasteiger partial charge in [-0.3, -0.25) is 4.79 Å². The average Bonchev–Trinajstić information content (AvgIpc) is 3.10. The summed E-state index contributed by atoms with van der Waals surface area (Å²) in [4.78, 5) is 20.3. The first-order chi connectivity index (χ1) is 11.6. The molecule has 0 fully saturated rings. The number of rotatable bonds is 5. The molecule has 0 bridgehead atoms. The number of nitrogens with one attached hydrogen (secondary N) is 2. The van der Waals surface area contributed by atoms with E-state index in [0.29, 0.717) is 23.1 Å². The summed E-state index contributed by atoms with van der Waals surface area (Å²) in [7, 11) is 0. The molecule has 2 aromatic heterocycles. The van der Waals surface area contributed by atoms with Crippen molar-refractivity contribution in [2.45, 2.75) is 13.5 Å². The number of nitrogens with zero attached hydrogens (tertiary/aromatic N) is 2. The van der Waals surface area contributed by atoms with E-state index in [4.69, 9.17) is 16.0 Å². The molecule has 3 aromatic rings. The number of aryl methyl sites for hydroxylation is 1. The summed E-state index contributed by atoms with van der Waals surface area (Å²) in [6.45, 7) is 2.23. The van der Waals surface area contributed by atoms with Crippen LogP contribution in [0.25, 0.3) is 0 Å². The van der Waals surface area contributed by atoms with E-state index in [2.05, 4.69) is 20.6 Å². The van der Waals surface area contributed by atoms with Gasteiger partial charge >= 0.3 is 0 Å². The second kappa shape index (κ2) is 7.14. The van der Waals surface area contributed by atoms with Crippen molar-refractivity contribution in [3.05, 3.63) is 71.0 Å². The van der Waals surface area contributed by atoms with Crippen molar-refractivity contribution in [1.82, 2.24) is 15.3 Å². The number of hydrogen-bond donors (Lipinski definition) is 2. The minimum atomic E-state index is -0.307. The number of hydrogen-bond acceptors (Lipinski definition) is 5. The first-order valence-electron chi connectivity index (χ1n) is 7.27. The van der Waals surface area contributed by atoms with Gasteiger partial charge in [-0.05, 0) is 36.8 Å². The summed E-state index contributed by atoms with van der Waals surface area (Å²) >= 11 is 6.11. The molecule has 0 unspecified atom stereocenters.